The predicted octanol–water partition coefficient (Wildman–Crippen LogP) is 5.24. The number of allylic oxidation sites excluding steroid dienone is 2. The van der Waals surface area contributed by atoms with E-state index in [4.69, 9.17) is 0 Å². The summed E-state index contributed by atoms with van der Waals surface area (Å²) < 4.78 is 1.30. The minimum Gasteiger partial charge on any atom is -0.388 e. The minimum absolute atomic E-state index is 0.729. The Morgan fingerprint density at radius 2 is 1.78 bits per heavy atom. The van der Waals surface area contributed by atoms with Gasteiger partial charge in [0.15, 0.2) is 0 Å². The number of nitrogens with one attached hydrogen (secondary N) is 1. The fourth-order valence-electron chi connectivity index (χ4n) is 4.73. The fraction of sp³-hybridized carbons (Fsp3) is 0.429. The standard InChI is InChI=1S/C28H36BrN3/c1-4-6-8-25-22(19-27(29)28(21-9-10-21)26(25)7-5-2)20-31-15-17-32(18-16-31)24-13-11-23(30-3)12-14-24/h4,6-8,11-14,19,21,30H,5,9-10,15-18,20H2,1-3H3/b6-4-,25-8-,26-7-. The van der Waals surface area contributed by atoms with Gasteiger partial charge in [-0.2, -0.15) is 0 Å². The Morgan fingerprint density at radius 3 is 2.38 bits per heavy atom. The first-order valence-corrected chi connectivity index (χ1v) is 12.8. The van der Waals surface area contributed by atoms with Gasteiger partial charge in [-0.05, 0) is 84.0 Å². The zero-order chi connectivity index (χ0) is 22.5. The molecule has 2 fully saturated rings. The molecular formula is C28H36BrN3. The molecule has 0 spiro atoms. The number of benzene rings is 2. The van der Waals surface area contributed by atoms with Crippen LogP contribution in [0.4, 0.5) is 11.4 Å². The lowest BCUT2D eigenvalue weighted by Gasteiger charge is -2.36. The molecule has 0 amide bonds. The SMILES string of the molecule is C\C=C/C=c1/c(CN2CCN(c3ccc(NC)cc3)CC2)cc(Br)c(C2CC2)/c1=C\CC. The Balaban J connectivity index is 1.56. The lowest BCUT2D eigenvalue weighted by Crippen LogP contribution is -2.47. The second-order valence-corrected chi connectivity index (χ2v) is 9.75. The van der Waals surface area contributed by atoms with Gasteiger partial charge in [-0.1, -0.05) is 47.2 Å². The molecule has 1 saturated carbocycles. The van der Waals surface area contributed by atoms with Crippen molar-refractivity contribution in [3.63, 3.8) is 0 Å². The topological polar surface area (TPSA) is 18.5 Å². The van der Waals surface area contributed by atoms with Crippen molar-refractivity contribution in [1.29, 1.82) is 0 Å². The van der Waals surface area contributed by atoms with Crippen molar-refractivity contribution in [1.82, 2.24) is 4.90 Å². The molecular weight excluding hydrogens is 458 g/mol. The highest BCUT2D eigenvalue weighted by Gasteiger charge is 2.28. The number of halogens is 1. The van der Waals surface area contributed by atoms with E-state index < -0.39 is 0 Å². The van der Waals surface area contributed by atoms with Gasteiger partial charge in [-0.25, -0.2) is 0 Å². The van der Waals surface area contributed by atoms with Gasteiger partial charge in [-0.3, -0.25) is 4.90 Å². The van der Waals surface area contributed by atoms with Gasteiger partial charge < -0.3 is 10.2 Å². The molecule has 32 heavy (non-hydrogen) atoms. The van der Waals surface area contributed by atoms with E-state index in [-0.39, 0.29) is 0 Å². The number of hydrogen-bond donors (Lipinski definition) is 1. The molecule has 1 heterocycles. The van der Waals surface area contributed by atoms with Crippen LogP contribution in [0.15, 0.2) is 47.0 Å². The van der Waals surface area contributed by atoms with Crippen LogP contribution in [-0.2, 0) is 6.54 Å². The first kappa shape index (κ1) is 23.1. The monoisotopic (exact) mass is 493 g/mol. The van der Waals surface area contributed by atoms with E-state index in [2.05, 4.69) is 99.5 Å². The normalized spacial score (nSPS) is 18.7. The van der Waals surface area contributed by atoms with Crippen LogP contribution < -0.4 is 20.7 Å². The average Bonchev–Trinajstić information content (AvgIpc) is 3.65. The number of anilines is 2. The van der Waals surface area contributed by atoms with Crippen LogP contribution in [0.3, 0.4) is 0 Å². The second-order valence-electron chi connectivity index (χ2n) is 8.90. The lowest BCUT2D eigenvalue weighted by atomic mass is 9.99. The summed E-state index contributed by atoms with van der Waals surface area (Å²) in [6.07, 6.45) is 12.8. The summed E-state index contributed by atoms with van der Waals surface area (Å²) in [7, 11) is 1.97. The summed E-state index contributed by atoms with van der Waals surface area (Å²) in [5, 5.41) is 6.08. The van der Waals surface area contributed by atoms with E-state index in [1.807, 2.05) is 7.05 Å². The molecule has 4 heteroatoms. The number of rotatable bonds is 7. The molecule has 1 saturated heterocycles. The highest BCUT2D eigenvalue weighted by atomic mass is 79.9. The summed E-state index contributed by atoms with van der Waals surface area (Å²) in [4.78, 5) is 5.12. The van der Waals surface area contributed by atoms with Crippen LogP contribution in [0.5, 0.6) is 0 Å². The molecule has 2 aromatic rings. The maximum atomic E-state index is 3.94. The summed E-state index contributed by atoms with van der Waals surface area (Å²) in [5.74, 6) is 0.729. The summed E-state index contributed by atoms with van der Waals surface area (Å²) in [6.45, 7) is 9.67. The third-order valence-electron chi connectivity index (χ3n) is 6.62. The Hall–Kier alpha value is -2.04. The third kappa shape index (κ3) is 5.29. The van der Waals surface area contributed by atoms with Gasteiger partial charge in [0.1, 0.15) is 0 Å². The molecule has 1 aliphatic heterocycles. The maximum Gasteiger partial charge on any atom is 0.0368 e. The van der Waals surface area contributed by atoms with Crippen molar-refractivity contribution in [2.24, 2.45) is 0 Å². The minimum atomic E-state index is 0.729. The molecule has 3 nitrogen and oxygen atoms in total. The molecule has 4 rings (SSSR count). The Bertz CT molecular complexity index is 1060. The molecule has 2 aromatic carbocycles. The van der Waals surface area contributed by atoms with Gasteiger partial charge in [0.05, 0.1) is 0 Å². The Morgan fingerprint density at radius 1 is 1.06 bits per heavy atom. The van der Waals surface area contributed by atoms with E-state index in [0.717, 1.165) is 50.7 Å². The zero-order valence-electron chi connectivity index (χ0n) is 19.7. The molecule has 2 aliphatic rings. The van der Waals surface area contributed by atoms with E-state index >= 15 is 0 Å². The number of nitrogens with zero attached hydrogens (tertiary/aromatic N) is 2. The highest BCUT2D eigenvalue weighted by molar-refractivity contribution is 9.10. The summed E-state index contributed by atoms with van der Waals surface area (Å²) in [6, 6.07) is 11.2. The molecule has 170 valence electrons. The van der Waals surface area contributed by atoms with Crippen molar-refractivity contribution >= 4 is 39.5 Å². The average molecular weight is 495 g/mol. The molecule has 0 radical (unpaired) electrons. The first-order valence-electron chi connectivity index (χ1n) is 12.0. The number of hydrogen-bond acceptors (Lipinski definition) is 3. The van der Waals surface area contributed by atoms with Gasteiger partial charge >= 0.3 is 0 Å². The molecule has 0 atom stereocenters. The largest absolute Gasteiger partial charge is 0.388 e. The van der Waals surface area contributed by atoms with Gasteiger partial charge in [0.25, 0.3) is 0 Å². The summed E-state index contributed by atoms with van der Waals surface area (Å²) in [5.41, 5.74) is 5.45. The van der Waals surface area contributed by atoms with Gasteiger partial charge in [0.2, 0.25) is 0 Å². The van der Waals surface area contributed by atoms with Crippen LogP contribution in [0, 0.1) is 0 Å². The second kappa shape index (κ2) is 10.7. The lowest BCUT2D eigenvalue weighted by molar-refractivity contribution is 0.249. The van der Waals surface area contributed by atoms with Crippen molar-refractivity contribution in [2.45, 2.75) is 45.6 Å². The van der Waals surface area contributed by atoms with Crippen LogP contribution in [-0.4, -0.2) is 38.1 Å². The van der Waals surface area contributed by atoms with E-state index in [1.54, 1.807) is 0 Å². The van der Waals surface area contributed by atoms with Crippen molar-refractivity contribution in [3.8, 4) is 0 Å². The van der Waals surface area contributed by atoms with Gasteiger partial charge in [-0.15, -0.1) is 0 Å². The van der Waals surface area contributed by atoms with Crippen LogP contribution in [0.1, 0.15) is 50.2 Å². The van der Waals surface area contributed by atoms with E-state index in [0.29, 0.717) is 0 Å². The van der Waals surface area contributed by atoms with Crippen molar-refractivity contribution < 1.29 is 0 Å². The summed E-state index contributed by atoms with van der Waals surface area (Å²) >= 11 is 3.94. The maximum absolute atomic E-state index is 3.94. The van der Waals surface area contributed by atoms with Crippen LogP contribution >= 0.6 is 15.9 Å². The third-order valence-corrected chi connectivity index (χ3v) is 7.28. The smallest absolute Gasteiger partial charge is 0.0368 e. The molecule has 0 bridgehead atoms. The molecule has 1 aliphatic carbocycles. The fourth-order valence-corrected chi connectivity index (χ4v) is 5.54. The molecule has 0 unspecified atom stereocenters. The van der Waals surface area contributed by atoms with Crippen molar-refractivity contribution in [3.05, 3.63) is 68.5 Å². The first-order chi connectivity index (χ1) is 15.6. The number of piperazine rings is 1. The van der Waals surface area contributed by atoms with Crippen molar-refractivity contribution in [2.75, 3.05) is 43.4 Å². The van der Waals surface area contributed by atoms with Crippen LogP contribution in [0.25, 0.3) is 12.2 Å². The van der Waals surface area contributed by atoms with Crippen LogP contribution in [0.2, 0.25) is 0 Å². The van der Waals surface area contributed by atoms with Gasteiger partial charge in [0, 0.05) is 55.6 Å². The Kier molecular flexibility index (Phi) is 7.75. The quantitative estimate of drug-likeness (QED) is 0.568. The van der Waals surface area contributed by atoms with E-state index in [1.165, 1.54) is 44.6 Å². The van der Waals surface area contributed by atoms with E-state index in [9.17, 15) is 0 Å². The predicted molar refractivity (Wildman–Crippen MR) is 143 cm³/mol. The zero-order valence-corrected chi connectivity index (χ0v) is 21.3. The molecule has 1 N–H and O–H groups in total. The Labute approximate surface area is 201 Å². The molecule has 0 aromatic heterocycles. The highest BCUT2D eigenvalue weighted by Crippen LogP contribution is 2.41.